The fourth-order valence-electron chi connectivity index (χ4n) is 3.17. The molecule has 9 nitrogen and oxygen atoms in total. The number of pyridine rings is 1. The molecule has 13 heteroatoms. The highest BCUT2D eigenvalue weighted by Crippen LogP contribution is 2.37. The number of nitrogens with zero attached hydrogens (tertiary/aromatic N) is 6. The van der Waals surface area contributed by atoms with Gasteiger partial charge in [-0.25, -0.2) is 4.98 Å². The summed E-state index contributed by atoms with van der Waals surface area (Å²) in [6.45, 7) is 4.12. The van der Waals surface area contributed by atoms with E-state index in [1.807, 2.05) is 9.80 Å². The second-order valence-corrected chi connectivity index (χ2v) is 6.61. The molecule has 2 aromatic heterocycles. The number of aromatic nitrogens is 4. The minimum Gasteiger partial charge on any atom is -0.384 e. The lowest BCUT2D eigenvalue weighted by Crippen LogP contribution is -2.40. The summed E-state index contributed by atoms with van der Waals surface area (Å²) in [7, 11) is 0. The van der Waals surface area contributed by atoms with E-state index in [1.165, 1.54) is 0 Å². The zero-order chi connectivity index (χ0) is 20.4. The Morgan fingerprint density at radius 1 is 0.867 bits per heavy atom. The zero-order valence-corrected chi connectivity index (χ0v) is 16.7. The molecule has 0 bridgehead atoms. The van der Waals surface area contributed by atoms with Crippen molar-refractivity contribution in [2.75, 3.05) is 68.1 Å². The maximum Gasteiger partial charge on any atom is 0.417 e. The summed E-state index contributed by atoms with van der Waals surface area (Å²) in [6, 6.07) is 0.794. The van der Waals surface area contributed by atoms with Crippen LogP contribution < -0.4 is 15.5 Å². The summed E-state index contributed by atoms with van der Waals surface area (Å²) in [5.74, 6) is 0.300. The summed E-state index contributed by atoms with van der Waals surface area (Å²) in [4.78, 5) is 20.7. The van der Waals surface area contributed by atoms with E-state index in [0.29, 0.717) is 64.5 Å². The molecule has 0 spiro atoms. The molecule has 0 radical (unpaired) electrons. The van der Waals surface area contributed by atoms with Gasteiger partial charge >= 0.3 is 6.18 Å². The third-order valence-corrected chi connectivity index (χ3v) is 4.67. The van der Waals surface area contributed by atoms with Crippen molar-refractivity contribution in [3.8, 4) is 11.4 Å². The number of nitrogen functional groups attached to an aromatic ring is 1. The van der Waals surface area contributed by atoms with Crippen molar-refractivity contribution in [2.24, 2.45) is 0 Å². The number of hydrogen-bond acceptors (Lipinski definition) is 9. The van der Waals surface area contributed by atoms with Crippen molar-refractivity contribution in [2.45, 2.75) is 6.18 Å². The number of halogens is 4. The molecule has 0 aromatic carbocycles. The molecule has 2 fully saturated rings. The van der Waals surface area contributed by atoms with Crippen molar-refractivity contribution in [3.05, 3.63) is 17.8 Å². The Balaban J connectivity index is 0.00000256. The van der Waals surface area contributed by atoms with E-state index in [2.05, 4.69) is 19.9 Å². The summed E-state index contributed by atoms with van der Waals surface area (Å²) in [5.41, 5.74) is 4.32. The van der Waals surface area contributed by atoms with Gasteiger partial charge < -0.3 is 25.0 Å². The topological polar surface area (TPSA) is 103 Å². The predicted molar refractivity (Wildman–Crippen MR) is 106 cm³/mol. The summed E-state index contributed by atoms with van der Waals surface area (Å²) in [5, 5.41) is 0. The van der Waals surface area contributed by atoms with Crippen molar-refractivity contribution in [1.82, 2.24) is 19.9 Å². The first-order valence-corrected chi connectivity index (χ1v) is 9.16. The third-order valence-electron chi connectivity index (χ3n) is 4.67. The van der Waals surface area contributed by atoms with Gasteiger partial charge in [0.05, 0.1) is 37.6 Å². The molecular formula is C17H21ClF3N7O2. The van der Waals surface area contributed by atoms with Crippen LogP contribution in [0.1, 0.15) is 5.56 Å². The van der Waals surface area contributed by atoms with Gasteiger partial charge in [0.2, 0.25) is 11.9 Å². The van der Waals surface area contributed by atoms with E-state index < -0.39 is 11.7 Å². The molecule has 2 aromatic rings. The van der Waals surface area contributed by atoms with Crippen LogP contribution in [0.3, 0.4) is 0 Å². The van der Waals surface area contributed by atoms with Crippen molar-refractivity contribution in [1.29, 1.82) is 0 Å². The fraction of sp³-hybridized carbons (Fsp3) is 0.529. The first kappa shape index (κ1) is 22.2. The number of morpholine rings is 2. The van der Waals surface area contributed by atoms with Gasteiger partial charge in [0.15, 0.2) is 5.82 Å². The number of ether oxygens (including phenoxy) is 2. The molecule has 0 atom stereocenters. The van der Waals surface area contributed by atoms with E-state index in [0.717, 1.165) is 12.3 Å². The quantitative estimate of drug-likeness (QED) is 0.751. The summed E-state index contributed by atoms with van der Waals surface area (Å²) < 4.78 is 51.5. The Morgan fingerprint density at radius 2 is 1.37 bits per heavy atom. The molecule has 0 unspecified atom stereocenters. The second kappa shape index (κ2) is 9.14. The van der Waals surface area contributed by atoms with Crippen LogP contribution >= 0.6 is 12.4 Å². The molecule has 2 N–H and O–H groups in total. The van der Waals surface area contributed by atoms with Gasteiger partial charge in [0.25, 0.3) is 0 Å². The van der Waals surface area contributed by atoms with Crippen LogP contribution in [0.25, 0.3) is 11.4 Å². The first-order chi connectivity index (χ1) is 13.9. The molecule has 0 aliphatic carbocycles. The molecular weight excluding hydrogens is 427 g/mol. The van der Waals surface area contributed by atoms with E-state index in [-0.39, 0.29) is 29.6 Å². The smallest absolute Gasteiger partial charge is 0.384 e. The normalized spacial score (nSPS) is 17.6. The minimum atomic E-state index is -4.63. The molecule has 4 rings (SSSR count). The van der Waals surface area contributed by atoms with Crippen molar-refractivity contribution < 1.29 is 22.6 Å². The maximum absolute atomic E-state index is 13.6. The lowest BCUT2D eigenvalue weighted by atomic mass is 10.1. The lowest BCUT2D eigenvalue weighted by Gasteiger charge is -2.30. The molecule has 164 valence electrons. The Hall–Kier alpha value is -2.44. The first-order valence-electron chi connectivity index (χ1n) is 9.16. The maximum atomic E-state index is 13.6. The highest BCUT2D eigenvalue weighted by Gasteiger charge is 2.35. The SMILES string of the molecule is Cl.Nc1cc(C(F)(F)F)c(-c2nc(N3CCOCC3)nc(N3CCOCC3)n2)cn1. The van der Waals surface area contributed by atoms with Gasteiger partial charge in [-0.15, -0.1) is 12.4 Å². The number of hydrogen-bond donors (Lipinski definition) is 1. The van der Waals surface area contributed by atoms with Gasteiger partial charge in [0, 0.05) is 32.4 Å². The molecule has 2 aliphatic heterocycles. The molecule has 4 heterocycles. The van der Waals surface area contributed by atoms with Gasteiger partial charge in [-0.1, -0.05) is 0 Å². The molecule has 30 heavy (non-hydrogen) atoms. The number of alkyl halides is 3. The lowest BCUT2D eigenvalue weighted by molar-refractivity contribution is -0.137. The summed E-state index contributed by atoms with van der Waals surface area (Å²) >= 11 is 0. The van der Waals surface area contributed by atoms with Gasteiger partial charge in [-0.3, -0.25) is 0 Å². The van der Waals surface area contributed by atoms with Gasteiger partial charge in [-0.05, 0) is 6.07 Å². The predicted octanol–water partition coefficient (Wildman–Crippen LogP) is 1.63. The van der Waals surface area contributed by atoms with Crippen molar-refractivity contribution in [3.63, 3.8) is 0 Å². The van der Waals surface area contributed by atoms with E-state index in [4.69, 9.17) is 15.2 Å². The van der Waals surface area contributed by atoms with Crippen LogP contribution in [0.5, 0.6) is 0 Å². The highest BCUT2D eigenvalue weighted by atomic mass is 35.5. The van der Waals surface area contributed by atoms with Crippen LogP contribution in [0.4, 0.5) is 30.9 Å². The number of rotatable bonds is 3. The monoisotopic (exact) mass is 447 g/mol. The standard InChI is InChI=1S/C17H20F3N7O2.ClH/c18-17(19,20)12-9-13(21)22-10-11(12)14-23-15(26-1-5-28-6-2-26)25-16(24-14)27-3-7-29-8-4-27;/h9-10H,1-8H2,(H2,21,22);1H. The Labute approximate surface area is 176 Å². The number of anilines is 3. The van der Waals surface area contributed by atoms with E-state index >= 15 is 0 Å². The van der Waals surface area contributed by atoms with Crippen molar-refractivity contribution >= 4 is 30.1 Å². The fourth-order valence-corrected chi connectivity index (χ4v) is 3.17. The Bertz CT molecular complexity index is 839. The van der Waals surface area contributed by atoms with E-state index in [1.54, 1.807) is 0 Å². The Morgan fingerprint density at radius 3 is 1.83 bits per heavy atom. The average Bonchev–Trinajstić information content (AvgIpc) is 2.74. The van der Waals surface area contributed by atoms with E-state index in [9.17, 15) is 13.2 Å². The molecule has 0 amide bonds. The van der Waals surface area contributed by atoms with Crippen LogP contribution in [0.15, 0.2) is 12.3 Å². The largest absolute Gasteiger partial charge is 0.417 e. The Kier molecular flexibility index (Phi) is 6.78. The minimum absolute atomic E-state index is 0. The second-order valence-electron chi connectivity index (χ2n) is 6.61. The third kappa shape index (κ3) is 4.82. The average molecular weight is 448 g/mol. The van der Waals surface area contributed by atoms with Gasteiger partial charge in [-0.2, -0.15) is 28.1 Å². The van der Waals surface area contributed by atoms with Gasteiger partial charge in [0.1, 0.15) is 5.82 Å². The van der Waals surface area contributed by atoms with Crippen LogP contribution in [-0.2, 0) is 15.7 Å². The highest BCUT2D eigenvalue weighted by molar-refractivity contribution is 5.85. The molecule has 2 aliphatic rings. The zero-order valence-electron chi connectivity index (χ0n) is 15.9. The van der Waals surface area contributed by atoms with Crippen LogP contribution in [-0.4, -0.2) is 72.5 Å². The molecule has 2 saturated heterocycles. The molecule has 0 saturated carbocycles. The summed E-state index contributed by atoms with van der Waals surface area (Å²) in [6.07, 6.45) is -3.57. The van der Waals surface area contributed by atoms with Crippen LogP contribution in [0, 0.1) is 0 Å². The van der Waals surface area contributed by atoms with Crippen LogP contribution in [0.2, 0.25) is 0 Å². The number of nitrogens with two attached hydrogens (primary N) is 1.